The molecule has 0 aromatic heterocycles. The van der Waals surface area contributed by atoms with Gasteiger partial charge in [0.05, 0.1) is 0 Å². The van der Waals surface area contributed by atoms with E-state index in [0.717, 1.165) is 20.8 Å². The van der Waals surface area contributed by atoms with Crippen molar-refractivity contribution in [3.05, 3.63) is 12.7 Å². The Kier molecular flexibility index (Phi) is 6.47. The largest absolute Gasteiger partial charge is 0.462 e. The molecule has 1 rings (SSSR count). The highest BCUT2D eigenvalue weighted by Crippen LogP contribution is 2.37. The van der Waals surface area contributed by atoms with Crippen LogP contribution in [0.5, 0.6) is 0 Å². The zero-order valence-corrected chi connectivity index (χ0v) is 13.9. The Morgan fingerprint density at radius 2 is 1.50 bits per heavy atom. The molecule has 0 spiro atoms. The van der Waals surface area contributed by atoms with E-state index in [1.54, 1.807) is 0 Å². The monoisotopic (exact) mass is 344 g/mol. The Balaban J connectivity index is 3.24. The third-order valence-electron chi connectivity index (χ3n) is 3.11. The van der Waals surface area contributed by atoms with Crippen LogP contribution in [0, 0.1) is 0 Å². The lowest BCUT2D eigenvalue weighted by Crippen LogP contribution is -2.49. The van der Waals surface area contributed by atoms with Crippen molar-refractivity contribution in [2.45, 2.75) is 51.8 Å². The second-order valence-corrected chi connectivity index (χ2v) is 5.14. The number of hydrogen-bond acceptors (Lipinski definition) is 9. The van der Waals surface area contributed by atoms with Crippen molar-refractivity contribution < 1.29 is 42.9 Å². The van der Waals surface area contributed by atoms with Gasteiger partial charge in [-0.2, -0.15) is 0 Å². The third kappa shape index (κ3) is 4.79. The molecule has 0 amide bonds. The van der Waals surface area contributed by atoms with Gasteiger partial charge in [-0.3, -0.25) is 19.2 Å². The molecule has 1 heterocycles. The lowest BCUT2D eigenvalue weighted by molar-refractivity contribution is -0.204. The summed E-state index contributed by atoms with van der Waals surface area (Å²) in [6, 6.07) is 0. The highest BCUT2D eigenvalue weighted by Gasteiger charge is 2.60. The van der Waals surface area contributed by atoms with Gasteiger partial charge in [0, 0.05) is 27.7 Å². The van der Waals surface area contributed by atoms with Crippen LogP contribution in [0.25, 0.3) is 0 Å². The van der Waals surface area contributed by atoms with E-state index in [0.29, 0.717) is 0 Å². The molecular formula is C15H20O9. The van der Waals surface area contributed by atoms with Gasteiger partial charge >= 0.3 is 23.9 Å². The molecular weight excluding hydrogens is 324 g/mol. The number of hydrogen-bond donors (Lipinski definition) is 0. The Morgan fingerprint density at radius 3 is 1.92 bits per heavy atom. The van der Waals surface area contributed by atoms with E-state index >= 15 is 0 Å². The molecule has 0 N–H and O–H groups in total. The molecule has 134 valence electrons. The van der Waals surface area contributed by atoms with E-state index in [1.165, 1.54) is 13.0 Å². The molecule has 24 heavy (non-hydrogen) atoms. The third-order valence-corrected chi connectivity index (χ3v) is 3.11. The van der Waals surface area contributed by atoms with Gasteiger partial charge in [0.1, 0.15) is 6.61 Å². The molecule has 0 aromatic carbocycles. The van der Waals surface area contributed by atoms with Crippen LogP contribution in [-0.2, 0) is 42.9 Å². The minimum atomic E-state index is -1.54. The van der Waals surface area contributed by atoms with Gasteiger partial charge in [0.2, 0.25) is 12.4 Å². The molecule has 1 saturated heterocycles. The number of rotatable bonds is 6. The predicted molar refractivity (Wildman–Crippen MR) is 77.3 cm³/mol. The SMILES string of the molecule is C=C[C@]1(COC(C)=O)OC(OC(C)=O)[C@H](OC(C)=O)[C@@H]1OC(C)=O. The summed E-state index contributed by atoms with van der Waals surface area (Å²) in [5.74, 6) is -2.71. The van der Waals surface area contributed by atoms with Crippen molar-refractivity contribution in [1.82, 2.24) is 0 Å². The van der Waals surface area contributed by atoms with Crippen molar-refractivity contribution in [3.8, 4) is 0 Å². The molecule has 1 aliphatic heterocycles. The Hall–Kier alpha value is -2.42. The molecule has 9 nitrogen and oxygen atoms in total. The van der Waals surface area contributed by atoms with Gasteiger partial charge < -0.3 is 23.7 Å². The molecule has 0 saturated carbocycles. The summed E-state index contributed by atoms with van der Waals surface area (Å²) in [6.45, 7) is 7.80. The first kappa shape index (κ1) is 19.6. The van der Waals surface area contributed by atoms with Crippen molar-refractivity contribution in [2.75, 3.05) is 6.61 Å². The zero-order chi connectivity index (χ0) is 18.5. The quantitative estimate of drug-likeness (QED) is 0.380. The lowest BCUT2D eigenvalue weighted by Gasteiger charge is -2.30. The van der Waals surface area contributed by atoms with Crippen molar-refractivity contribution >= 4 is 23.9 Å². The van der Waals surface area contributed by atoms with E-state index in [-0.39, 0.29) is 6.61 Å². The van der Waals surface area contributed by atoms with Crippen LogP contribution in [0.2, 0.25) is 0 Å². The highest BCUT2D eigenvalue weighted by molar-refractivity contribution is 5.69. The molecule has 0 radical (unpaired) electrons. The normalized spacial score (nSPS) is 28.6. The number of carbonyl (C=O) groups excluding carboxylic acids is 4. The fourth-order valence-electron chi connectivity index (χ4n) is 2.23. The summed E-state index contributed by atoms with van der Waals surface area (Å²) in [5.41, 5.74) is -1.54. The van der Waals surface area contributed by atoms with Gasteiger partial charge in [0.15, 0.2) is 11.7 Å². The molecule has 1 unspecified atom stereocenters. The van der Waals surface area contributed by atoms with Crippen molar-refractivity contribution in [3.63, 3.8) is 0 Å². The van der Waals surface area contributed by atoms with Gasteiger partial charge in [-0.15, -0.1) is 0 Å². The summed E-state index contributed by atoms with van der Waals surface area (Å²) in [4.78, 5) is 45.2. The second kappa shape index (κ2) is 7.91. The fraction of sp³-hybridized carbons (Fsp3) is 0.600. The van der Waals surface area contributed by atoms with Crippen LogP contribution in [0.1, 0.15) is 27.7 Å². The van der Waals surface area contributed by atoms with Gasteiger partial charge in [-0.05, 0) is 0 Å². The molecule has 0 aromatic rings. The van der Waals surface area contributed by atoms with E-state index in [1.807, 2.05) is 0 Å². The number of ether oxygens (including phenoxy) is 5. The summed E-state index contributed by atoms with van der Waals surface area (Å²) < 4.78 is 25.8. The van der Waals surface area contributed by atoms with Gasteiger partial charge in [0.25, 0.3) is 0 Å². The van der Waals surface area contributed by atoms with Crippen LogP contribution < -0.4 is 0 Å². The van der Waals surface area contributed by atoms with Crippen LogP contribution in [0.4, 0.5) is 0 Å². The highest BCUT2D eigenvalue weighted by atomic mass is 16.8. The molecule has 0 aliphatic carbocycles. The van der Waals surface area contributed by atoms with Crippen LogP contribution in [0.15, 0.2) is 12.7 Å². The molecule has 1 fully saturated rings. The number of esters is 4. The van der Waals surface area contributed by atoms with E-state index in [2.05, 4.69) is 6.58 Å². The zero-order valence-electron chi connectivity index (χ0n) is 13.9. The maximum absolute atomic E-state index is 11.4. The van der Waals surface area contributed by atoms with Gasteiger partial charge in [-0.25, -0.2) is 0 Å². The Morgan fingerprint density at radius 1 is 0.958 bits per heavy atom. The maximum Gasteiger partial charge on any atom is 0.305 e. The Labute approximate surface area is 138 Å². The van der Waals surface area contributed by atoms with E-state index < -0.39 is 48.0 Å². The second-order valence-electron chi connectivity index (χ2n) is 5.14. The van der Waals surface area contributed by atoms with Gasteiger partial charge in [-0.1, -0.05) is 12.7 Å². The van der Waals surface area contributed by atoms with E-state index in [4.69, 9.17) is 23.7 Å². The summed E-state index contributed by atoms with van der Waals surface area (Å²) >= 11 is 0. The van der Waals surface area contributed by atoms with Crippen molar-refractivity contribution in [1.29, 1.82) is 0 Å². The van der Waals surface area contributed by atoms with Crippen LogP contribution in [0.3, 0.4) is 0 Å². The minimum absolute atomic E-state index is 0.376. The first-order valence-electron chi connectivity index (χ1n) is 7.07. The van der Waals surface area contributed by atoms with Crippen molar-refractivity contribution in [2.24, 2.45) is 0 Å². The standard InChI is InChI=1S/C15H20O9/c1-6-15(7-20-8(2)16)13(22-10(4)18)12(21-9(3)17)14(24-15)23-11(5)19/h6,12-14H,1,7H2,2-5H3/t12-,13+,14?,15-/m1/s1. The minimum Gasteiger partial charge on any atom is -0.462 e. The molecule has 0 bridgehead atoms. The molecule has 9 heteroatoms. The molecule has 1 aliphatic rings. The number of carbonyl (C=O) groups is 4. The summed E-state index contributed by atoms with van der Waals surface area (Å²) in [5, 5.41) is 0. The summed E-state index contributed by atoms with van der Waals surface area (Å²) in [6.07, 6.45) is -2.59. The topological polar surface area (TPSA) is 114 Å². The van der Waals surface area contributed by atoms with Crippen LogP contribution >= 0.6 is 0 Å². The summed E-state index contributed by atoms with van der Waals surface area (Å²) in [7, 11) is 0. The average molecular weight is 344 g/mol. The smallest absolute Gasteiger partial charge is 0.305 e. The van der Waals surface area contributed by atoms with E-state index in [9.17, 15) is 19.2 Å². The first-order chi connectivity index (χ1) is 11.1. The maximum atomic E-state index is 11.4. The molecule has 4 atom stereocenters. The fourth-order valence-corrected chi connectivity index (χ4v) is 2.23. The van der Waals surface area contributed by atoms with Crippen LogP contribution in [-0.4, -0.2) is 54.6 Å². The Bertz CT molecular complexity index is 541. The first-order valence-corrected chi connectivity index (χ1v) is 7.07. The predicted octanol–water partition coefficient (Wildman–Crippen LogP) is 0.257. The average Bonchev–Trinajstić information content (AvgIpc) is 2.70. The lowest BCUT2D eigenvalue weighted by atomic mass is 9.96.